The van der Waals surface area contributed by atoms with E-state index in [1.165, 1.54) is 0 Å². The number of amides is 1. The molecular formula is C17H30N4O. The van der Waals surface area contributed by atoms with Gasteiger partial charge in [-0.3, -0.25) is 4.79 Å². The van der Waals surface area contributed by atoms with Gasteiger partial charge in [-0.1, -0.05) is 13.8 Å². The van der Waals surface area contributed by atoms with E-state index in [-0.39, 0.29) is 5.91 Å². The van der Waals surface area contributed by atoms with E-state index in [0.29, 0.717) is 5.69 Å². The van der Waals surface area contributed by atoms with Crippen LogP contribution in [0.4, 0.5) is 5.69 Å². The van der Waals surface area contributed by atoms with Gasteiger partial charge in [0.2, 0.25) is 0 Å². The molecule has 5 heteroatoms. The second kappa shape index (κ2) is 10.2. The minimum Gasteiger partial charge on any atom is -0.384 e. The van der Waals surface area contributed by atoms with Gasteiger partial charge in [0.1, 0.15) is 5.69 Å². The second-order valence-corrected chi connectivity index (χ2v) is 5.81. The first-order valence-corrected chi connectivity index (χ1v) is 8.22. The Morgan fingerprint density at radius 1 is 1.14 bits per heavy atom. The van der Waals surface area contributed by atoms with Crippen LogP contribution in [0.15, 0.2) is 18.3 Å². The molecule has 0 aliphatic rings. The Balaban J connectivity index is 2.53. The summed E-state index contributed by atoms with van der Waals surface area (Å²) < 4.78 is 0. The van der Waals surface area contributed by atoms with Crippen LogP contribution in [0.5, 0.6) is 0 Å². The normalized spacial score (nSPS) is 10.8. The Bertz CT molecular complexity index is 425. The Morgan fingerprint density at radius 3 is 2.32 bits per heavy atom. The predicted octanol–water partition coefficient (Wildman–Crippen LogP) is 2.71. The molecule has 0 saturated carbocycles. The first-order chi connectivity index (χ1) is 10.6. The zero-order chi connectivity index (χ0) is 16.4. The van der Waals surface area contributed by atoms with Gasteiger partial charge < -0.3 is 15.1 Å². The average molecular weight is 306 g/mol. The predicted molar refractivity (Wildman–Crippen MR) is 92.4 cm³/mol. The van der Waals surface area contributed by atoms with E-state index in [9.17, 15) is 4.79 Å². The number of nitrogens with zero attached hydrogens (tertiary/aromatic N) is 3. The minimum absolute atomic E-state index is 0.0304. The van der Waals surface area contributed by atoms with Crippen molar-refractivity contribution in [1.29, 1.82) is 0 Å². The molecule has 0 bridgehead atoms. The Labute approximate surface area is 134 Å². The van der Waals surface area contributed by atoms with Gasteiger partial charge in [0.25, 0.3) is 5.91 Å². The summed E-state index contributed by atoms with van der Waals surface area (Å²) >= 11 is 0. The lowest BCUT2D eigenvalue weighted by atomic mass is 10.2. The highest BCUT2D eigenvalue weighted by molar-refractivity contribution is 5.92. The van der Waals surface area contributed by atoms with Crippen molar-refractivity contribution in [3.8, 4) is 0 Å². The fraction of sp³-hybridized carbons (Fsp3) is 0.647. The molecule has 0 unspecified atom stereocenters. The van der Waals surface area contributed by atoms with Crippen LogP contribution in [0.25, 0.3) is 0 Å². The summed E-state index contributed by atoms with van der Waals surface area (Å²) in [4.78, 5) is 20.8. The second-order valence-electron chi connectivity index (χ2n) is 5.81. The fourth-order valence-electron chi connectivity index (χ4n) is 2.27. The van der Waals surface area contributed by atoms with Crippen LogP contribution >= 0.6 is 0 Å². The highest BCUT2D eigenvalue weighted by Gasteiger charge is 2.15. The van der Waals surface area contributed by atoms with Crippen LogP contribution in [-0.2, 0) is 0 Å². The van der Waals surface area contributed by atoms with Gasteiger partial charge in [0.05, 0.1) is 11.9 Å². The van der Waals surface area contributed by atoms with Gasteiger partial charge in [0.15, 0.2) is 0 Å². The van der Waals surface area contributed by atoms with Crippen molar-refractivity contribution < 1.29 is 4.79 Å². The smallest absolute Gasteiger partial charge is 0.272 e. The molecule has 22 heavy (non-hydrogen) atoms. The summed E-state index contributed by atoms with van der Waals surface area (Å²) in [7, 11) is 4.14. The van der Waals surface area contributed by atoms with E-state index in [1.54, 1.807) is 6.20 Å². The van der Waals surface area contributed by atoms with Crippen molar-refractivity contribution in [2.75, 3.05) is 45.6 Å². The van der Waals surface area contributed by atoms with E-state index in [4.69, 9.17) is 0 Å². The zero-order valence-corrected chi connectivity index (χ0v) is 14.4. The maximum atomic E-state index is 12.4. The molecule has 0 aliphatic carbocycles. The SMILES string of the molecule is CCCN(CCC)C(=O)c1ccc(NCCCN(C)C)cn1. The summed E-state index contributed by atoms with van der Waals surface area (Å²) in [6.45, 7) is 7.72. The lowest BCUT2D eigenvalue weighted by Crippen LogP contribution is -2.33. The topological polar surface area (TPSA) is 48.5 Å². The fourth-order valence-corrected chi connectivity index (χ4v) is 2.27. The first-order valence-electron chi connectivity index (χ1n) is 8.22. The number of nitrogens with one attached hydrogen (secondary N) is 1. The van der Waals surface area contributed by atoms with Gasteiger partial charge >= 0.3 is 0 Å². The average Bonchev–Trinajstić information content (AvgIpc) is 2.51. The van der Waals surface area contributed by atoms with Crippen molar-refractivity contribution >= 4 is 11.6 Å². The third kappa shape index (κ3) is 6.43. The summed E-state index contributed by atoms with van der Waals surface area (Å²) in [5.74, 6) is 0.0304. The maximum absolute atomic E-state index is 12.4. The van der Waals surface area contributed by atoms with Crippen LogP contribution in [0.3, 0.4) is 0 Å². The number of aromatic nitrogens is 1. The van der Waals surface area contributed by atoms with Crippen molar-refractivity contribution in [2.24, 2.45) is 0 Å². The van der Waals surface area contributed by atoms with Crippen LogP contribution in [0.1, 0.15) is 43.6 Å². The van der Waals surface area contributed by atoms with E-state index in [2.05, 4.69) is 43.1 Å². The van der Waals surface area contributed by atoms with E-state index in [1.807, 2.05) is 17.0 Å². The molecule has 1 aromatic rings. The number of hydrogen-bond acceptors (Lipinski definition) is 4. The summed E-state index contributed by atoms with van der Waals surface area (Å²) in [6, 6.07) is 3.75. The summed E-state index contributed by atoms with van der Waals surface area (Å²) in [5, 5.41) is 3.33. The molecule has 124 valence electrons. The number of carbonyl (C=O) groups excluding carboxylic acids is 1. The quantitative estimate of drug-likeness (QED) is 0.675. The molecule has 0 spiro atoms. The molecule has 0 aliphatic heterocycles. The van der Waals surface area contributed by atoms with Gasteiger partial charge in [-0.05, 0) is 52.0 Å². The lowest BCUT2D eigenvalue weighted by Gasteiger charge is -2.21. The van der Waals surface area contributed by atoms with Gasteiger partial charge in [-0.15, -0.1) is 0 Å². The molecule has 5 nitrogen and oxygen atoms in total. The minimum atomic E-state index is 0.0304. The molecular weight excluding hydrogens is 276 g/mol. The molecule has 0 saturated heterocycles. The van der Waals surface area contributed by atoms with Gasteiger partial charge in [-0.25, -0.2) is 4.98 Å². The highest BCUT2D eigenvalue weighted by Crippen LogP contribution is 2.09. The molecule has 1 rings (SSSR count). The lowest BCUT2D eigenvalue weighted by molar-refractivity contribution is 0.0749. The molecule has 1 N–H and O–H groups in total. The molecule has 0 radical (unpaired) electrons. The Kier molecular flexibility index (Phi) is 8.51. The Morgan fingerprint density at radius 2 is 1.82 bits per heavy atom. The van der Waals surface area contributed by atoms with Crippen LogP contribution in [0.2, 0.25) is 0 Å². The number of rotatable bonds is 10. The van der Waals surface area contributed by atoms with Crippen molar-refractivity contribution in [1.82, 2.24) is 14.8 Å². The standard InChI is InChI=1S/C17H30N4O/c1-5-11-21(12-6-2)17(22)16-9-8-15(14-19-16)18-10-7-13-20(3)4/h8-9,14,18H,5-7,10-13H2,1-4H3. The first kappa shape index (κ1) is 18.4. The molecule has 1 aromatic heterocycles. The third-order valence-electron chi connectivity index (χ3n) is 3.37. The number of anilines is 1. The van der Waals surface area contributed by atoms with E-state index in [0.717, 1.165) is 51.1 Å². The van der Waals surface area contributed by atoms with E-state index >= 15 is 0 Å². The molecule has 0 fully saturated rings. The highest BCUT2D eigenvalue weighted by atomic mass is 16.2. The molecule has 0 aromatic carbocycles. The zero-order valence-electron chi connectivity index (χ0n) is 14.4. The molecule has 0 atom stereocenters. The monoisotopic (exact) mass is 306 g/mol. The maximum Gasteiger partial charge on any atom is 0.272 e. The third-order valence-corrected chi connectivity index (χ3v) is 3.37. The van der Waals surface area contributed by atoms with Crippen molar-refractivity contribution in [3.63, 3.8) is 0 Å². The van der Waals surface area contributed by atoms with Crippen molar-refractivity contribution in [3.05, 3.63) is 24.0 Å². The Hall–Kier alpha value is -1.62. The van der Waals surface area contributed by atoms with Crippen LogP contribution < -0.4 is 5.32 Å². The summed E-state index contributed by atoms with van der Waals surface area (Å²) in [6.07, 6.45) is 4.77. The number of carbonyl (C=O) groups is 1. The van der Waals surface area contributed by atoms with Crippen LogP contribution in [-0.4, -0.2) is 61.0 Å². The molecule has 1 amide bonds. The number of pyridine rings is 1. The number of hydrogen-bond donors (Lipinski definition) is 1. The largest absolute Gasteiger partial charge is 0.384 e. The van der Waals surface area contributed by atoms with Gasteiger partial charge in [0, 0.05) is 19.6 Å². The van der Waals surface area contributed by atoms with Gasteiger partial charge in [-0.2, -0.15) is 0 Å². The van der Waals surface area contributed by atoms with Crippen molar-refractivity contribution in [2.45, 2.75) is 33.1 Å². The molecule has 1 heterocycles. The summed E-state index contributed by atoms with van der Waals surface area (Å²) in [5.41, 5.74) is 1.49. The van der Waals surface area contributed by atoms with E-state index < -0.39 is 0 Å². The van der Waals surface area contributed by atoms with Crippen LogP contribution in [0, 0.1) is 0 Å².